The molecule has 3 nitrogen and oxygen atoms in total. The summed E-state index contributed by atoms with van der Waals surface area (Å²) in [6.07, 6.45) is 9.22. The first-order chi connectivity index (χ1) is 9.23. The fourth-order valence-corrected chi connectivity index (χ4v) is 3.89. The van der Waals surface area contributed by atoms with Gasteiger partial charge in [-0.1, -0.05) is 6.07 Å². The normalized spacial score (nSPS) is 34.8. The number of rotatable bonds is 2. The Morgan fingerprint density at radius 1 is 1.32 bits per heavy atom. The van der Waals surface area contributed by atoms with Gasteiger partial charge in [-0.2, -0.15) is 0 Å². The van der Waals surface area contributed by atoms with Crippen LogP contribution in [0.5, 0.6) is 0 Å². The van der Waals surface area contributed by atoms with Crippen LogP contribution in [0.15, 0.2) is 18.3 Å². The molecule has 1 fully saturated rings. The van der Waals surface area contributed by atoms with Gasteiger partial charge in [0, 0.05) is 23.9 Å². The molecule has 1 heterocycles. The Morgan fingerprint density at radius 3 is 2.84 bits per heavy atom. The minimum atomic E-state index is -0.531. The lowest BCUT2D eigenvalue weighted by Crippen LogP contribution is -2.45. The van der Waals surface area contributed by atoms with Crippen molar-refractivity contribution in [1.29, 1.82) is 0 Å². The van der Waals surface area contributed by atoms with Crippen LogP contribution < -0.4 is 5.32 Å². The Kier molecular flexibility index (Phi) is 3.59. The molecule has 1 saturated carbocycles. The first-order valence-electron chi connectivity index (χ1n) is 7.56. The fraction of sp³-hybridized carbons (Fsp3) is 0.688. The Hall–Kier alpha value is -0.930. The van der Waals surface area contributed by atoms with Crippen molar-refractivity contribution in [2.45, 2.75) is 62.5 Å². The Labute approximate surface area is 115 Å². The molecule has 0 saturated heterocycles. The highest BCUT2D eigenvalue weighted by atomic mass is 16.3. The predicted octanol–water partition coefficient (Wildman–Crippen LogP) is 2.39. The second kappa shape index (κ2) is 5.22. The Morgan fingerprint density at radius 2 is 2.11 bits per heavy atom. The molecule has 0 aromatic carbocycles. The summed E-state index contributed by atoms with van der Waals surface area (Å²) in [5, 5.41) is 14.4. The first-order valence-corrected chi connectivity index (χ1v) is 7.56. The van der Waals surface area contributed by atoms with Crippen LogP contribution in [0, 0.1) is 0 Å². The summed E-state index contributed by atoms with van der Waals surface area (Å²) in [6, 6.07) is 4.77. The van der Waals surface area contributed by atoms with Gasteiger partial charge in [0.15, 0.2) is 0 Å². The zero-order valence-corrected chi connectivity index (χ0v) is 11.7. The van der Waals surface area contributed by atoms with Crippen LogP contribution in [0.4, 0.5) is 0 Å². The minimum Gasteiger partial charge on any atom is -0.389 e. The zero-order valence-electron chi connectivity index (χ0n) is 11.7. The molecule has 0 aliphatic heterocycles. The van der Waals surface area contributed by atoms with Crippen molar-refractivity contribution in [2.24, 2.45) is 0 Å². The van der Waals surface area contributed by atoms with Gasteiger partial charge in [-0.05, 0) is 63.6 Å². The Bertz CT molecular complexity index is 438. The number of pyridine rings is 1. The van der Waals surface area contributed by atoms with E-state index in [2.05, 4.69) is 16.4 Å². The van der Waals surface area contributed by atoms with Crippen molar-refractivity contribution in [2.75, 3.05) is 7.05 Å². The summed E-state index contributed by atoms with van der Waals surface area (Å²) in [7, 11) is 2.02. The number of hydrogen-bond donors (Lipinski definition) is 2. The molecular formula is C16H24N2O. The molecule has 0 bridgehead atoms. The molecule has 0 radical (unpaired) electrons. The number of nitrogens with zero attached hydrogens (tertiary/aromatic N) is 1. The summed E-state index contributed by atoms with van der Waals surface area (Å²) in [5.74, 6) is 0.246. The van der Waals surface area contributed by atoms with Crippen LogP contribution in [0.3, 0.4) is 0 Å². The smallest absolute Gasteiger partial charge is 0.0732 e. The highest BCUT2D eigenvalue weighted by Crippen LogP contribution is 2.44. The van der Waals surface area contributed by atoms with E-state index in [4.69, 9.17) is 0 Å². The van der Waals surface area contributed by atoms with E-state index in [0.29, 0.717) is 6.04 Å². The van der Waals surface area contributed by atoms with Gasteiger partial charge in [-0.25, -0.2) is 0 Å². The van der Waals surface area contributed by atoms with Crippen LogP contribution in [-0.2, 0) is 6.42 Å². The van der Waals surface area contributed by atoms with Crippen molar-refractivity contribution >= 4 is 0 Å². The summed E-state index contributed by atoms with van der Waals surface area (Å²) in [4.78, 5) is 4.58. The molecule has 2 aliphatic carbocycles. The summed E-state index contributed by atoms with van der Waals surface area (Å²) in [5.41, 5.74) is 1.98. The minimum absolute atomic E-state index is 0.246. The molecular weight excluding hydrogens is 236 g/mol. The number of hydrogen-bond acceptors (Lipinski definition) is 3. The summed E-state index contributed by atoms with van der Waals surface area (Å²) < 4.78 is 0. The van der Waals surface area contributed by atoms with Gasteiger partial charge in [0.25, 0.3) is 0 Å². The highest BCUT2D eigenvalue weighted by molar-refractivity contribution is 5.28. The molecule has 104 valence electrons. The van der Waals surface area contributed by atoms with Crippen LogP contribution in [0.2, 0.25) is 0 Å². The summed E-state index contributed by atoms with van der Waals surface area (Å²) in [6.45, 7) is 0. The largest absolute Gasteiger partial charge is 0.389 e. The van der Waals surface area contributed by atoms with E-state index in [1.807, 2.05) is 19.3 Å². The number of aryl methyl sites for hydroxylation is 1. The molecule has 19 heavy (non-hydrogen) atoms. The third-order valence-electron chi connectivity index (χ3n) is 5.10. The molecule has 1 aromatic rings. The SMILES string of the molecule is CNC1CCC(O)(C2CCCc3cccnc32)CC1. The standard InChI is InChI=1S/C16H24N2O/c1-17-13-7-9-16(19,10-8-13)14-6-2-4-12-5-3-11-18-15(12)14/h3,5,11,13-14,17,19H,2,4,6-10H2,1H3. The number of aromatic nitrogens is 1. The van der Waals surface area contributed by atoms with Crippen molar-refractivity contribution in [3.63, 3.8) is 0 Å². The number of fused-ring (bicyclic) bond motifs is 1. The third-order valence-corrected chi connectivity index (χ3v) is 5.10. The molecule has 3 rings (SSSR count). The molecule has 1 aromatic heterocycles. The molecule has 3 heteroatoms. The van der Waals surface area contributed by atoms with E-state index in [1.54, 1.807) is 0 Å². The van der Waals surface area contributed by atoms with Gasteiger partial charge in [-0.15, -0.1) is 0 Å². The first kappa shape index (κ1) is 13.1. The predicted molar refractivity (Wildman–Crippen MR) is 76.2 cm³/mol. The molecule has 2 N–H and O–H groups in total. The highest BCUT2D eigenvalue weighted by Gasteiger charge is 2.42. The van der Waals surface area contributed by atoms with Crippen molar-refractivity contribution in [3.8, 4) is 0 Å². The van der Waals surface area contributed by atoms with Gasteiger partial charge < -0.3 is 10.4 Å². The van der Waals surface area contributed by atoms with Crippen LogP contribution in [0.1, 0.15) is 55.7 Å². The lowest BCUT2D eigenvalue weighted by molar-refractivity contribution is -0.0332. The third kappa shape index (κ3) is 2.41. The van der Waals surface area contributed by atoms with Gasteiger partial charge in [0.2, 0.25) is 0 Å². The fourth-order valence-electron chi connectivity index (χ4n) is 3.89. The molecule has 1 atom stereocenters. The average molecular weight is 260 g/mol. The van der Waals surface area contributed by atoms with Gasteiger partial charge in [-0.3, -0.25) is 4.98 Å². The maximum absolute atomic E-state index is 11.1. The maximum Gasteiger partial charge on any atom is 0.0732 e. The van der Waals surface area contributed by atoms with E-state index in [-0.39, 0.29) is 5.92 Å². The second-order valence-electron chi connectivity index (χ2n) is 6.16. The maximum atomic E-state index is 11.1. The van der Waals surface area contributed by atoms with Crippen LogP contribution in [-0.4, -0.2) is 28.8 Å². The quantitative estimate of drug-likeness (QED) is 0.858. The van der Waals surface area contributed by atoms with Gasteiger partial charge >= 0.3 is 0 Å². The topological polar surface area (TPSA) is 45.1 Å². The van der Waals surface area contributed by atoms with Crippen LogP contribution >= 0.6 is 0 Å². The van der Waals surface area contributed by atoms with Gasteiger partial charge in [0.1, 0.15) is 0 Å². The average Bonchev–Trinajstić information content (AvgIpc) is 2.47. The molecule has 1 unspecified atom stereocenters. The Balaban J connectivity index is 1.83. The number of nitrogens with one attached hydrogen (secondary N) is 1. The van der Waals surface area contributed by atoms with Gasteiger partial charge in [0.05, 0.1) is 5.60 Å². The lowest BCUT2D eigenvalue weighted by Gasteiger charge is -2.43. The van der Waals surface area contributed by atoms with Crippen molar-refractivity contribution < 1.29 is 5.11 Å². The van der Waals surface area contributed by atoms with Crippen molar-refractivity contribution in [1.82, 2.24) is 10.3 Å². The molecule has 0 spiro atoms. The van der Waals surface area contributed by atoms with Crippen molar-refractivity contribution in [3.05, 3.63) is 29.6 Å². The van der Waals surface area contributed by atoms with E-state index in [1.165, 1.54) is 17.7 Å². The summed E-state index contributed by atoms with van der Waals surface area (Å²) >= 11 is 0. The van der Waals surface area contributed by atoms with E-state index in [9.17, 15) is 5.11 Å². The monoisotopic (exact) mass is 260 g/mol. The van der Waals surface area contributed by atoms with E-state index in [0.717, 1.165) is 38.5 Å². The molecule has 2 aliphatic rings. The zero-order chi connectivity index (χ0) is 13.3. The van der Waals surface area contributed by atoms with E-state index >= 15 is 0 Å². The van der Waals surface area contributed by atoms with E-state index < -0.39 is 5.60 Å². The second-order valence-corrected chi connectivity index (χ2v) is 6.16. The number of aliphatic hydroxyl groups is 1. The lowest BCUT2D eigenvalue weighted by atomic mass is 9.68. The van der Waals surface area contributed by atoms with Crippen LogP contribution in [0.25, 0.3) is 0 Å². The molecule has 0 amide bonds.